The van der Waals surface area contributed by atoms with Crippen LogP contribution < -0.4 is 37.4 Å². The van der Waals surface area contributed by atoms with E-state index in [0.29, 0.717) is 63.5 Å². The third-order valence-corrected chi connectivity index (χ3v) is 23.1. The predicted molar refractivity (Wildman–Crippen MR) is 388 cm³/mol. The molecule has 10 aromatic carbocycles. The van der Waals surface area contributed by atoms with Crippen molar-refractivity contribution in [3.8, 4) is 0 Å². The fourth-order valence-corrected chi connectivity index (χ4v) is 18.6. The minimum Gasteiger partial charge on any atom is -0.870 e. The van der Waals surface area contributed by atoms with Crippen LogP contribution >= 0.6 is 0 Å². The van der Waals surface area contributed by atoms with Gasteiger partial charge in [-0.05, 0) is 16.3 Å². The van der Waals surface area contributed by atoms with E-state index in [1.165, 1.54) is 10.4 Å². The van der Waals surface area contributed by atoms with E-state index in [9.17, 15) is 0 Å². The molecule has 0 fully saturated rings. The van der Waals surface area contributed by atoms with Crippen molar-refractivity contribution in [1.82, 2.24) is 11.9 Å². The number of amidine groups is 8. The second-order valence-corrected chi connectivity index (χ2v) is 28.1. The molecule has 23 rings (SSSR count). The molecule has 4 atom stereocenters. The predicted octanol–water partition coefficient (Wildman–Crippen LogP) is 9.03. The van der Waals surface area contributed by atoms with Crippen LogP contribution in [0.3, 0.4) is 0 Å². The van der Waals surface area contributed by atoms with Crippen molar-refractivity contribution in [1.29, 1.82) is 0 Å². The first kappa shape index (κ1) is 59.3. The molecule has 0 amide bonds. The molecule has 11 heterocycles. The molecule has 12 aromatic rings. The normalized spacial score (nSPS) is 19.5. The Labute approximate surface area is 587 Å². The Kier molecular flexibility index (Phi) is 13.4. The van der Waals surface area contributed by atoms with E-state index < -0.39 is 24.1 Å². The summed E-state index contributed by atoms with van der Waals surface area (Å²) in [6.45, 7) is 0. The van der Waals surface area contributed by atoms with Crippen LogP contribution in [0.2, 0.25) is 0 Å². The molecule has 11 aliphatic rings. The number of nitrogens with zero attached hydrogens (tertiary/aromatic N) is 16. The fourth-order valence-electron chi connectivity index (χ4n) is 15.3. The van der Waals surface area contributed by atoms with E-state index in [-0.39, 0.29) is 47.5 Å². The summed E-state index contributed by atoms with van der Waals surface area (Å²) >= 11 is -1.72. The first-order valence-electron chi connectivity index (χ1n) is 32.4. The van der Waals surface area contributed by atoms with Crippen molar-refractivity contribution in [2.24, 2.45) is 71.7 Å². The third-order valence-electron chi connectivity index (χ3n) is 19.9. The molecule has 0 spiro atoms. The summed E-state index contributed by atoms with van der Waals surface area (Å²) in [7, 11) is 0. The van der Waals surface area contributed by atoms with E-state index in [1.807, 2.05) is 84.9 Å². The minimum absolute atomic E-state index is 0. The Hall–Kier alpha value is -11.9. The number of allylic oxidation sites excluding steroid dienone is 3. The smallest absolute Gasteiger partial charge is 0.870 e. The molecule has 3 N–H and O–H groups in total. The molecule has 18 nitrogen and oxygen atoms in total. The monoisotopic (exact) mass is 1380 g/mol. The van der Waals surface area contributed by atoms with Gasteiger partial charge < -0.3 is 36.2 Å². The molecule has 14 bridgehead atoms. The summed E-state index contributed by atoms with van der Waals surface area (Å²) in [6.07, 6.45) is 12.3. The van der Waals surface area contributed by atoms with Crippen molar-refractivity contribution in [3.63, 3.8) is 0 Å². The summed E-state index contributed by atoms with van der Waals surface area (Å²) in [4.78, 5) is 67.7. The first-order valence-corrected chi connectivity index (χ1v) is 34.5. The minimum atomic E-state index is -1.72. The van der Waals surface area contributed by atoms with Crippen LogP contribution in [0.5, 0.6) is 0 Å². The zero-order chi connectivity index (χ0) is 63.1. The number of hydrogen-bond acceptors (Lipinski definition) is 14. The van der Waals surface area contributed by atoms with Gasteiger partial charge in [0.25, 0.3) is 0 Å². The Morgan fingerprint density at radius 2 is 0.820 bits per heavy atom. The van der Waals surface area contributed by atoms with Crippen LogP contribution in [0.25, 0.3) is 71.3 Å². The number of hydrogen-bond donors (Lipinski definition) is 0. The van der Waals surface area contributed by atoms with Gasteiger partial charge in [0.1, 0.15) is 0 Å². The van der Waals surface area contributed by atoms with Crippen molar-refractivity contribution in [3.05, 3.63) is 336 Å². The van der Waals surface area contributed by atoms with Crippen molar-refractivity contribution < 1.29 is 29.5 Å². The fraction of sp³-hybridized carbons (Fsp3) is 0.0500. The maximum absolute atomic E-state index is 5.68. The molecular weight excluding hydrogens is 1340 g/mol. The maximum Gasteiger partial charge on any atom is 2.00 e. The SMILES string of the molecule is C1=CC2=C3N=C4N=C(N=c5[n-]c(c6ccccc56)=NC5=NC(=NC([N-]3)C2C=C1)c1ccccc15)c1ccccc14.C1=c2ccccc2=CC2C1=C1N=C3N=C(N=c4c5cc6ccccc6cc5c5[n]4[Ga][N]1C2N=C1N=C(N=5)c2cc4ccccc4cc21)c1cc2ccccc2cc13.O.[OH-].[V+2]. The molecule has 20 heteroatoms. The van der Waals surface area contributed by atoms with Crippen LogP contribution in [-0.4, -0.2) is 94.7 Å². The van der Waals surface area contributed by atoms with Gasteiger partial charge in [0, 0.05) is 39.1 Å². The quantitative estimate of drug-likeness (QED) is 0.135. The summed E-state index contributed by atoms with van der Waals surface area (Å²) in [5.41, 5.74) is 12.7. The molecule has 468 valence electrons. The van der Waals surface area contributed by atoms with Gasteiger partial charge in [-0.15, -0.1) is 0 Å². The van der Waals surface area contributed by atoms with E-state index in [0.717, 1.165) is 126 Å². The number of benzene rings is 10. The van der Waals surface area contributed by atoms with Crippen LogP contribution in [0.4, 0.5) is 0 Å². The van der Waals surface area contributed by atoms with Gasteiger partial charge in [0.05, 0.1) is 23.7 Å². The van der Waals surface area contributed by atoms with Gasteiger partial charge in [-0.25, -0.2) is 9.98 Å². The number of rotatable bonds is 0. The first-order chi connectivity index (χ1) is 48.0. The second kappa shape index (κ2) is 22.6. The van der Waals surface area contributed by atoms with E-state index >= 15 is 0 Å². The molecule has 2 aliphatic carbocycles. The van der Waals surface area contributed by atoms with Gasteiger partial charge in [-0.3, -0.25) is 4.99 Å². The number of fused-ring (bicyclic) bond motifs is 34. The Morgan fingerprint density at radius 3 is 1.38 bits per heavy atom. The Morgan fingerprint density at radius 1 is 0.380 bits per heavy atom. The van der Waals surface area contributed by atoms with Gasteiger partial charge in [-0.1, -0.05) is 103 Å². The second-order valence-electron chi connectivity index (χ2n) is 25.4. The molecule has 0 saturated carbocycles. The van der Waals surface area contributed by atoms with Crippen LogP contribution in [0, 0.1) is 11.8 Å². The van der Waals surface area contributed by atoms with Crippen molar-refractivity contribution in [2.75, 3.05) is 0 Å². The molecule has 0 saturated heterocycles. The van der Waals surface area contributed by atoms with Gasteiger partial charge in [0.2, 0.25) is 0 Å². The molecule has 100 heavy (non-hydrogen) atoms. The van der Waals surface area contributed by atoms with Gasteiger partial charge >= 0.3 is 352 Å². The molecule has 2 radical (unpaired) electrons. The topological polar surface area (TPSA) is 246 Å². The van der Waals surface area contributed by atoms with Crippen LogP contribution in [0.15, 0.2) is 313 Å². The molecule has 9 aliphatic heterocycles. The van der Waals surface area contributed by atoms with Crippen LogP contribution in [-0.2, 0) is 18.6 Å². The Bertz CT molecular complexity index is 6590. The summed E-state index contributed by atoms with van der Waals surface area (Å²) < 4.78 is 4.91. The average Bonchev–Trinajstić information content (AvgIpc) is 1.55. The third kappa shape index (κ3) is 8.93. The van der Waals surface area contributed by atoms with Gasteiger partial charge in [-0.2, -0.15) is 0 Å². The largest absolute Gasteiger partial charge is 2.00 e. The average molecular weight is 1390 g/mol. The van der Waals surface area contributed by atoms with Crippen molar-refractivity contribution >= 4 is 131 Å². The zero-order valence-corrected chi connectivity index (χ0v) is 56.3. The van der Waals surface area contributed by atoms with Crippen molar-refractivity contribution in [2.45, 2.75) is 12.3 Å². The summed E-state index contributed by atoms with van der Waals surface area (Å²) in [6, 6.07) is 71.7. The Balaban J connectivity index is 0.000000143. The number of aromatic nitrogens is 2. The van der Waals surface area contributed by atoms with Gasteiger partial charge in [0.15, 0.2) is 5.84 Å². The summed E-state index contributed by atoms with van der Waals surface area (Å²) in [5.74, 6) is 6.53. The van der Waals surface area contributed by atoms with Crippen LogP contribution in [0.1, 0.15) is 44.5 Å². The van der Waals surface area contributed by atoms with E-state index in [2.05, 4.69) is 165 Å². The molecule has 4 unspecified atom stereocenters. The van der Waals surface area contributed by atoms with E-state index in [4.69, 9.17) is 70.2 Å². The summed E-state index contributed by atoms with van der Waals surface area (Å²) in [5, 5.41) is 18.2. The standard InChI is InChI=1S/C48H26N8.C32H18N8.Ga.2H2O.V/c1-2-10-26-18-34-33(17-25(26)9-1)41-49-42(34)54-44-37-21-29-13-5-6-14-30(29)22-38(37)46(51-44)56-48-40-24-32-16-8-7-15-31(32)23-39(40)47(52-48)55-45-36-20-28-12-4-3-11-27(28)19-35(36)43(50-45)53-41;1-2-10-18-17(9-1)25-33-26(18)38-28-21-13-5-6-14-22(21)30(35-28)40-32-24-16-8-7-15-23(24)31(36-32)39-29-20-12-4-3-11-19(20)27(34-29)37-25;;;;/h1-24,33,41H;1-17,25H;;2*1H2;/q2*-2;+2;;;+2/p-1. The molecular formula is C80H47GaN16O2V-. The zero-order valence-electron chi connectivity index (χ0n) is 52.5. The van der Waals surface area contributed by atoms with E-state index in [1.54, 1.807) is 0 Å². The molecule has 2 aromatic heterocycles. The number of aliphatic imine (C=N–C) groups is 8. The maximum atomic E-state index is 5.68.